The molecule has 10 nitrogen and oxygen atoms in total. The number of carbonyl (C=O) groups is 1. The molecule has 0 bridgehead atoms. The van der Waals surface area contributed by atoms with Gasteiger partial charge in [0.2, 0.25) is 5.78 Å². The Balaban J connectivity index is 1.34. The number of hydrogen-bond donors (Lipinski definition) is 5. The van der Waals surface area contributed by atoms with Crippen LogP contribution in [0.5, 0.6) is 46.0 Å². The van der Waals surface area contributed by atoms with Crippen LogP contribution in [0.2, 0.25) is 0 Å². The van der Waals surface area contributed by atoms with E-state index in [0.717, 1.165) is 27.8 Å². The molecule has 0 spiro atoms. The van der Waals surface area contributed by atoms with Crippen molar-refractivity contribution >= 4 is 22.8 Å². The van der Waals surface area contributed by atoms with Crippen molar-refractivity contribution in [2.75, 3.05) is 6.61 Å². The predicted molar refractivity (Wildman–Crippen MR) is 231 cm³/mol. The average Bonchev–Trinajstić information content (AvgIpc) is 3.74. The first-order valence-electron chi connectivity index (χ1n) is 20.2. The lowest BCUT2D eigenvalue weighted by Crippen LogP contribution is -2.27. The molecule has 5 aromatic rings. The molecule has 0 radical (unpaired) electrons. The first-order chi connectivity index (χ1) is 28.4. The quantitative estimate of drug-likeness (QED) is 0.0716. The van der Waals surface area contributed by atoms with E-state index in [9.17, 15) is 25.5 Å². The standard InChI is InChI=1S/C50H50O10/c1-24(2)9-12-27-17-32(39(53)21-37(27)51)49-42(34-20-40(54)48-30(46(34)59-49)15-16-50(7,8)60-48)44(56)35-19-31-36-23-57-41-22-38(52)28(13-10-25(3)4)18-33(41)47(36)58-45(31)29(43(35)55)14-11-26(5)6/h9-11,15-22,36,47,51-55H,12-14,23H2,1-8H3. The largest absolute Gasteiger partial charge is 0.508 e. The number of aromatic hydroxyl groups is 5. The lowest BCUT2D eigenvalue weighted by atomic mass is 9.85. The van der Waals surface area contributed by atoms with E-state index in [2.05, 4.69) is 0 Å². The molecule has 60 heavy (non-hydrogen) atoms. The minimum absolute atomic E-state index is 0.0148. The zero-order valence-electron chi connectivity index (χ0n) is 35.1. The summed E-state index contributed by atoms with van der Waals surface area (Å²) < 4.78 is 25.8. The Labute approximate surface area is 349 Å². The number of hydrogen-bond acceptors (Lipinski definition) is 10. The van der Waals surface area contributed by atoms with Crippen LogP contribution in [0.4, 0.5) is 0 Å². The Bertz CT molecular complexity index is 2740. The van der Waals surface area contributed by atoms with Crippen LogP contribution in [-0.4, -0.2) is 43.5 Å². The van der Waals surface area contributed by atoms with Crippen molar-refractivity contribution in [2.24, 2.45) is 0 Å². The number of ketones is 1. The van der Waals surface area contributed by atoms with E-state index in [1.807, 2.05) is 85.8 Å². The van der Waals surface area contributed by atoms with Gasteiger partial charge >= 0.3 is 0 Å². The number of carbonyl (C=O) groups excluding carboxylic acids is 1. The van der Waals surface area contributed by atoms with Gasteiger partial charge in [0.1, 0.15) is 57.5 Å². The van der Waals surface area contributed by atoms with Crippen LogP contribution in [0.3, 0.4) is 0 Å². The molecule has 5 N–H and O–H groups in total. The molecule has 3 aliphatic rings. The van der Waals surface area contributed by atoms with Gasteiger partial charge in [0.05, 0.1) is 34.8 Å². The summed E-state index contributed by atoms with van der Waals surface area (Å²) in [4.78, 5) is 15.4. The lowest BCUT2D eigenvalue weighted by Gasteiger charge is -2.28. The van der Waals surface area contributed by atoms with Crippen LogP contribution in [0.15, 0.2) is 81.8 Å². The van der Waals surface area contributed by atoms with Crippen molar-refractivity contribution in [2.45, 2.75) is 92.3 Å². The molecule has 2 unspecified atom stereocenters. The molecular weight excluding hydrogens is 761 g/mol. The van der Waals surface area contributed by atoms with E-state index >= 15 is 4.79 Å². The number of fused-ring (bicyclic) bond motifs is 8. The van der Waals surface area contributed by atoms with Gasteiger partial charge in [-0.1, -0.05) is 34.9 Å². The fraction of sp³-hybridized carbons (Fsp3) is 0.300. The van der Waals surface area contributed by atoms with Crippen LogP contribution >= 0.6 is 0 Å². The first kappa shape index (κ1) is 40.2. The fourth-order valence-corrected chi connectivity index (χ4v) is 8.18. The van der Waals surface area contributed by atoms with Gasteiger partial charge in [-0.2, -0.15) is 0 Å². The first-order valence-corrected chi connectivity index (χ1v) is 20.2. The number of benzene rings is 4. The summed E-state index contributed by atoms with van der Waals surface area (Å²) >= 11 is 0. The Morgan fingerprint density at radius 2 is 1.40 bits per heavy atom. The van der Waals surface area contributed by atoms with Gasteiger partial charge in [-0.3, -0.25) is 4.79 Å². The van der Waals surface area contributed by atoms with E-state index in [0.29, 0.717) is 46.6 Å². The van der Waals surface area contributed by atoms with Crippen LogP contribution in [0.1, 0.15) is 117 Å². The topological polar surface area (TPSA) is 159 Å². The summed E-state index contributed by atoms with van der Waals surface area (Å²) in [5, 5.41) is 57.1. The van der Waals surface area contributed by atoms with Crippen molar-refractivity contribution in [3.63, 3.8) is 0 Å². The minimum atomic E-state index is -0.740. The zero-order valence-corrected chi connectivity index (χ0v) is 35.1. The highest BCUT2D eigenvalue weighted by Crippen LogP contribution is 2.56. The molecule has 3 aliphatic heterocycles. The Morgan fingerprint density at radius 3 is 2.08 bits per heavy atom. The smallest absolute Gasteiger partial charge is 0.201 e. The molecule has 310 valence electrons. The fourth-order valence-electron chi connectivity index (χ4n) is 8.18. The third kappa shape index (κ3) is 7.03. The number of phenols is 5. The highest BCUT2D eigenvalue weighted by atomic mass is 16.5. The maximum absolute atomic E-state index is 15.4. The van der Waals surface area contributed by atoms with Gasteiger partial charge in [-0.05, 0) is 122 Å². The average molecular weight is 811 g/mol. The summed E-state index contributed by atoms with van der Waals surface area (Å²) in [6.45, 7) is 15.7. The normalized spacial score (nSPS) is 16.7. The maximum atomic E-state index is 15.4. The van der Waals surface area contributed by atoms with E-state index in [1.54, 1.807) is 24.3 Å². The molecule has 0 saturated carbocycles. The summed E-state index contributed by atoms with van der Waals surface area (Å²) in [5.74, 6) is -0.712. The third-order valence-corrected chi connectivity index (χ3v) is 11.4. The van der Waals surface area contributed by atoms with Gasteiger partial charge in [0.25, 0.3) is 0 Å². The number of allylic oxidation sites excluding steroid dienone is 6. The minimum Gasteiger partial charge on any atom is -0.508 e. The van der Waals surface area contributed by atoms with Crippen LogP contribution in [0, 0.1) is 0 Å². The highest BCUT2D eigenvalue weighted by molar-refractivity contribution is 6.22. The summed E-state index contributed by atoms with van der Waals surface area (Å²) in [6.07, 6.45) is 10.1. The Kier molecular flexibility index (Phi) is 10.0. The Morgan fingerprint density at radius 1 is 0.750 bits per heavy atom. The number of rotatable bonds is 9. The molecule has 2 atom stereocenters. The monoisotopic (exact) mass is 810 g/mol. The van der Waals surface area contributed by atoms with E-state index in [1.165, 1.54) is 12.1 Å². The third-order valence-electron chi connectivity index (χ3n) is 11.4. The second-order valence-electron chi connectivity index (χ2n) is 17.3. The molecule has 0 aliphatic carbocycles. The molecule has 1 aromatic heterocycles. The maximum Gasteiger partial charge on any atom is 0.201 e. The highest BCUT2D eigenvalue weighted by Gasteiger charge is 2.44. The zero-order chi connectivity index (χ0) is 42.9. The van der Waals surface area contributed by atoms with Crippen molar-refractivity contribution in [3.8, 4) is 57.3 Å². The predicted octanol–water partition coefficient (Wildman–Crippen LogP) is 11.2. The van der Waals surface area contributed by atoms with Gasteiger partial charge in [0, 0.05) is 34.2 Å². The van der Waals surface area contributed by atoms with Crippen molar-refractivity contribution in [1.29, 1.82) is 0 Å². The molecule has 4 aromatic carbocycles. The number of phenolic OH excluding ortho intramolecular Hbond substituents is 5. The summed E-state index contributed by atoms with van der Waals surface area (Å²) in [7, 11) is 0. The second-order valence-corrected chi connectivity index (χ2v) is 17.3. The van der Waals surface area contributed by atoms with E-state index < -0.39 is 17.5 Å². The van der Waals surface area contributed by atoms with Crippen molar-refractivity contribution < 1.29 is 49.0 Å². The molecule has 0 fully saturated rings. The van der Waals surface area contributed by atoms with Crippen LogP contribution in [0.25, 0.3) is 28.4 Å². The molecular formula is C50H50O10. The summed E-state index contributed by atoms with van der Waals surface area (Å²) in [5.41, 5.74) is 6.17. The van der Waals surface area contributed by atoms with E-state index in [-0.39, 0.29) is 86.9 Å². The van der Waals surface area contributed by atoms with Crippen LogP contribution in [-0.2, 0) is 19.3 Å². The molecule has 0 saturated heterocycles. The van der Waals surface area contributed by atoms with Crippen molar-refractivity contribution in [3.05, 3.63) is 122 Å². The summed E-state index contributed by atoms with van der Waals surface area (Å²) in [6, 6.07) is 9.38. The molecule has 4 heterocycles. The second kappa shape index (κ2) is 14.9. The van der Waals surface area contributed by atoms with Gasteiger partial charge in [-0.15, -0.1) is 0 Å². The van der Waals surface area contributed by atoms with Gasteiger partial charge in [0.15, 0.2) is 11.5 Å². The SMILES string of the molecule is CC(C)=CCc1cc(-c2oc3c4c(c(O)cc3c2C(=O)c2cc3c(c(CC=C(C)C)c2O)OC2c5cc(CC=C(C)C)c(O)cc5OCC32)OC(C)(C)C=C4)c(O)cc1O. The van der Waals surface area contributed by atoms with Gasteiger partial charge in [-0.25, -0.2) is 0 Å². The number of furan rings is 1. The van der Waals surface area contributed by atoms with Gasteiger partial charge < -0.3 is 44.2 Å². The molecule has 0 amide bonds. The lowest BCUT2D eigenvalue weighted by molar-refractivity contribution is 0.103. The number of ether oxygens (including phenoxy) is 3. The Hall–Kier alpha value is -6.55. The molecule has 8 rings (SSSR count). The van der Waals surface area contributed by atoms with Crippen LogP contribution < -0.4 is 14.2 Å². The molecule has 10 heteroatoms. The van der Waals surface area contributed by atoms with E-state index in [4.69, 9.17) is 18.6 Å². The van der Waals surface area contributed by atoms with Crippen molar-refractivity contribution in [1.82, 2.24) is 0 Å².